The lowest BCUT2D eigenvalue weighted by atomic mass is 10.1. The Morgan fingerprint density at radius 2 is 1.50 bits per heavy atom. The van der Waals surface area contributed by atoms with Crippen molar-refractivity contribution in [3.05, 3.63) is 53.6 Å². The van der Waals surface area contributed by atoms with Crippen LogP contribution in [-0.4, -0.2) is 0 Å². The maximum Gasteiger partial charge on any atom is 0.0320 e. The Hall–Kier alpha value is -1.41. The molecule has 0 heterocycles. The van der Waals surface area contributed by atoms with Crippen LogP contribution in [0.25, 0.3) is 0 Å². The van der Waals surface area contributed by atoms with Crippen LogP contribution < -0.4 is 5.73 Å². The van der Waals surface area contributed by atoms with E-state index in [-0.39, 0.29) is 0 Å². The van der Waals surface area contributed by atoms with Crippen LogP contribution in [0.4, 0.5) is 5.69 Å². The van der Waals surface area contributed by atoms with Crippen molar-refractivity contribution in [1.82, 2.24) is 0 Å². The van der Waals surface area contributed by atoms with E-state index in [1.807, 2.05) is 18.2 Å². The minimum Gasteiger partial charge on any atom is -0.399 e. The fourth-order valence-electron chi connectivity index (χ4n) is 1.75. The van der Waals surface area contributed by atoms with Crippen molar-refractivity contribution >= 4 is 17.4 Å². The molecule has 0 aliphatic carbocycles. The van der Waals surface area contributed by atoms with Crippen LogP contribution in [0.2, 0.25) is 0 Å². The summed E-state index contributed by atoms with van der Waals surface area (Å²) in [5, 5.41) is 0. The molecule has 0 saturated heterocycles. The van der Waals surface area contributed by atoms with Gasteiger partial charge in [-0.2, -0.15) is 0 Å². The Morgan fingerprint density at radius 1 is 0.938 bits per heavy atom. The van der Waals surface area contributed by atoms with E-state index in [1.165, 1.54) is 20.9 Å². The van der Waals surface area contributed by atoms with Gasteiger partial charge < -0.3 is 5.73 Å². The molecule has 0 aliphatic rings. The number of hydrogen-bond donors (Lipinski definition) is 1. The van der Waals surface area contributed by atoms with Crippen molar-refractivity contribution in [3.63, 3.8) is 0 Å². The van der Waals surface area contributed by atoms with Crippen molar-refractivity contribution in [1.29, 1.82) is 0 Å². The number of hydrogen-bond acceptors (Lipinski definition) is 2. The van der Waals surface area contributed by atoms with Crippen LogP contribution in [0.3, 0.4) is 0 Å². The highest BCUT2D eigenvalue weighted by Gasteiger charge is 2.05. The molecule has 0 aliphatic heterocycles. The van der Waals surface area contributed by atoms with E-state index < -0.39 is 0 Å². The smallest absolute Gasteiger partial charge is 0.0320 e. The van der Waals surface area contributed by atoms with Crippen LogP contribution >= 0.6 is 11.8 Å². The van der Waals surface area contributed by atoms with Crippen LogP contribution in [-0.2, 0) is 0 Å². The number of nitrogen functional groups attached to an aromatic ring is 1. The summed E-state index contributed by atoms with van der Waals surface area (Å²) >= 11 is 1.79. The Balaban J connectivity index is 2.35. The van der Waals surface area contributed by atoms with Crippen molar-refractivity contribution < 1.29 is 0 Å². The standard InChI is InChI=1S/C14H15NS/c1-10-8-12(15)9-11(2)14(10)16-13-6-4-3-5-7-13/h3-9H,15H2,1-2H3. The van der Waals surface area contributed by atoms with E-state index in [1.54, 1.807) is 11.8 Å². The fraction of sp³-hybridized carbons (Fsp3) is 0.143. The van der Waals surface area contributed by atoms with Crippen molar-refractivity contribution in [2.45, 2.75) is 23.6 Å². The molecule has 0 radical (unpaired) electrons. The Labute approximate surface area is 101 Å². The van der Waals surface area contributed by atoms with Gasteiger partial charge in [-0.05, 0) is 49.2 Å². The number of aryl methyl sites for hydroxylation is 2. The van der Waals surface area contributed by atoms with Gasteiger partial charge in [-0.25, -0.2) is 0 Å². The molecule has 0 spiro atoms. The molecule has 2 rings (SSSR count). The summed E-state index contributed by atoms with van der Waals surface area (Å²) in [6.45, 7) is 4.21. The van der Waals surface area contributed by atoms with Gasteiger partial charge in [-0.3, -0.25) is 0 Å². The minimum absolute atomic E-state index is 0.840. The van der Waals surface area contributed by atoms with Crippen LogP contribution in [0.1, 0.15) is 11.1 Å². The summed E-state index contributed by atoms with van der Waals surface area (Å²) < 4.78 is 0. The van der Waals surface area contributed by atoms with Gasteiger partial charge in [0.2, 0.25) is 0 Å². The predicted molar refractivity (Wildman–Crippen MR) is 70.9 cm³/mol. The molecule has 0 amide bonds. The highest BCUT2D eigenvalue weighted by atomic mass is 32.2. The molecule has 0 aromatic heterocycles. The molecule has 0 atom stereocenters. The molecule has 2 aromatic carbocycles. The lowest BCUT2D eigenvalue weighted by Gasteiger charge is -2.10. The Morgan fingerprint density at radius 3 is 2.06 bits per heavy atom. The predicted octanol–water partition coefficient (Wildman–Crippen LogP) is 4.04. The van der Waals surface area contributed by atoms with Crippen molar-refractivity contribution in [2.75, 3.05) is 5.73 Å². The first-order chi connectivity index (χ1) is 7.66. The quantitative estimate of drug-likeness (QED) is 0.787. The number of anilines is 1. The lowest BCUT2D eigenvalue weighted by molar-refractivity contribution is 1.22. The summed E-state index contributed by atoms with van der Waals surface area (Å²) in [6.07, 6.45) is 0. The number of nitrogens with two attached hydrogens (primary N) is 1. The molecule has 2 aromatic rings. The molecule has 82 valence electrons. The maximum atomic E-state index is 5.81. The van der Waals surface area contributed by atoms with E-state index in [0.717, 1.165) is 5.69 Å². The zero-order valence-electron chi connectivity index (χ0n) is 9.53. The molecule has 0 bridgehead atoms. The average molecular weight is 229 g/mol. The third-order valence-corrected chi connectivity index (χ3v) is 3.80. The van der Waals surface area contributed by atoms with E-state index in [0.29, 0.717) is 0 Å². The van der Waals surface area contributed by atoms with Gasteiger partial charge in [-0.15, -0.1) is 0 Å². The Kier molecular flexibility index (Phi) is 3.20. The third-order valence-electron chi connectivity index (χ3n) is 2.45. The second-order valence-electron chi connectivity index (χ2n) is 3.90. The molecule has 1 nitrogen and oxygen atoms in total. The fourth-order valence-corrected chi connectivity index (χ4v) is 2.72. The second-order valence-corrected chi connectivity index (χ2v) is 4.98. The zero-order valence-corrected chi connectivity index (χ0v) is 10.3. The van der Waals surface area contributed by atoms with Crippen LogP contribution in [0, 0.1) is 13.8 Å². The molecule has 2 heteroatoms. The highest BCUT2D eigenvalue weighted by Crippen LogP contribution is 2.33. The minimum atomic E-state index is 0.840. The first kappa shape index (κ1) is 11.1. The molecule has 2 N–H and O–H groups in total. The molecule has 0 saturated carbocycles. The summed E-state index contributed by atoms with van der Waals surface area (Å²) in [5.41, 5.74) is 9.14. The highest BCUT2D eigenvalue weighted by molar-refractivity contribution is 7.99. The van der Waals surface area contributed by atoms with Gasteiger partial charge in [0.25, 0.3) is 0 Å². The van der Waals surface area contributed by atoms with Crippen molar-refractivity contribution in [2.24, 2.45) is 0 Å². The third kappa shape index (κ3) is 2.39. The van der Waals surface area contributed by atoms with E-state index in [9.17, 15) is 0 Å². The number of benzene rings is 2. The monoisotopic (exact) mass is 229 g/mol. The topological polar surface area (TPSA) is 26.0 Å². The van der Waals surface area contributed by atoms with Crippen LogP contribution in [0.5, 0.6) is 0 Å². The van der Waals surface area contributed by atoms with Gasteiger partial charge in [0.05, 0.1) is 0 Å². The van der Waals surface area contributed by atoms with E-state index in [4.69, 9.17) is 5.73 Å². The molecule has 0 fully saturated rings. The van der Waals surface area contributed by atoms with Crippen LogP contribution in [0.15, 0.2) is 52.3 Å². The van der Waals surface area contributed by atoms with Gasteiger partial charge >= 0.3 is 0 Å². The molecule has 16 heavy (non-hydrogen) atoms. The van der Waals surface area contributed by atoms with Gasteiger partial charge in [0.1, 0.15) is 0 Å². The van der Waals surface area contributed by atoms with Crippen molar-refractivity contribution in [3.8, 4) is 0 Å². The van der Waals surface area contributed by atoms with Gasteiger partial charge in [-0.1, -0.05) is 30.0 Å². The zero-order chi connectivity index (χ0) is 11.5. The van der Waals surface area contributed by atoms with E-state index in [2.05, 4.69) is 38.1 Å². The summed E-state index contributed by atoms with van der Waals surface area (Å²) in [5.74, 6) is 0. The van der Waals surface area contributed by atoms with Gasteiger partial charge in [0.15, 0.2) is 0 Å². The first-order valence-corrected chi connectivity index (χ1v) is 6.08. The molecular formula is C14H15NS. The van der Waals surface area contributed by atoms with E-state index >= 15 is 0 Å². The number of rotatable bonds is 2. The SMILES string of the molecule is Cc1cc(N)cc(C)c1Sc1ccccc1. The summed E-state index contributed by atoms with van der Waals surface area (Å²) in [4.78, 5) is 2.57. The summed E-state index contributed by atoms with van der Waals surface area (Å²) in [6, 6.07) is 14.5. The first-order valence-electron chi connectivity index (χ1n) is 5.26. The van der Waals surface area contributed by atoms with Gasteiger partial charge in [0, 0.05) is 15.5 Å². The Bertz CT molecular complexity index is 468. The normalized spacial score (nSPS) is 10.4. The molecular weight excluding hydrogens is 214 g/mol. The second kappa shape index (κ2) is 4.62. The molecule has 0 unspecified atom stereocenters. The lowest BCUT2D eigenvalue weighted by Crippen LogP contribution is -1.91. The largest absolute Gasteiger partial charge is 0.399 e. The maximum absolute atomic E-state index is 5.81. The summed E-state index contributed by atoms with van der Waals surface area (Å²) in [7, 11) is 0. The average Bonchev–Trinajstić information content (AvgIpc) is 2.25.